The van der Waals surface area contributed by atoms with Crippen LogP contribution < -0.4 is 11.1 Å². The molecule has 0 aromatic heterocycles. The van der Waals surface area contributed by atoms with Crippen molar-refractivity contribution in [1.29, 1.82) is 0 Å². The van der Waals surface area contributed by atoms with E-state index in [0.717, 1.165) is 0 Å². The van der Waals surface area contributed by atoms with E-state index < -0.39 is 23.9 Å². The summed E-state index contributed by atoms with van der Waals surface area (Å²) in [6.07, 6.45) is -2.74. The van der Waals surface area contributed by atoms with Gasteiger partial charge in [-0.25, -0.2) is 4.79 Å². The zero-order valence-electron chi connectivity index (χ0n) is 13.0. The van der Waals surface area contributed by atoms with Gasteiger partial charge in [-0.1, -0.05) is 6.07 Å². The highest BCUT2D eigenvalue weighted by molar-refractivity contribution is 5.67. The van der Waals surface area contributed by atoms with E-state index in [-0.39, 0.29) is 24.4 Å². The maximum Gasteiger partial charge on any atom is 0.407 e. The lowest BCUT2D eigenvalue weighted by Gasteiger charge is -2.21. The van der Waals surface area contributed by atoms with Gasteiger partial charge in [0.15, 0.2) is 0 Å². The molecule has 1 amide bonds. The Balaban J connectivity index is 2.46. The number of carbonyl (C=O) groups excluding carboxylic acids is 1. The summed E-state index contributed by atoms with van der Waals surface area (Å²) < 4.78 is 5.05. The monoisotopic (exact) mass is 312 g/mol. The summed E-state index contributed by atoms with van der Waals surface area (Å²) in [6, 6.07) is 4.26. The quantitative estimate of drug-likeness (QED) is 0.412. The standard InChI is InChI=1S/C15H24N2O5/c1-15(2,3)22-14(21)17-7-6-11(18)13(20)9-4-5-10(16)12(19)8-9/h4-5,8,11,13,18-20H,6-7,16H2,1-3H3,(H,17,21). The molecule has 0 aliphatic rings. The van der Waals surface area contributed by atoms with Crippen LogP contribution in [0.15, 0.2) is 18.2 Å². The van der Waals surface area contributed by atoms with Crippen LogP contribution in [0, 0.1) is 0 Å². The fourth-order valence-corrected chi connectivity index (χ4v) is 1.76. The zero-order chi connectivity index (χ0) is 16.9. The van der Waals surface area contributed by atoms with E-state index in [4.69, 9.17) is 10.5 Å². The molecule has 1 rings (SSSR count). The first-order valence-corrected chi connectivity index (χ1v) is 7.01. The van der Waals surface area contributed by atoms with Crippen LogP contribution in [0.2, 0.25) is 0 Å². The van der Waals surface area contributed by atoms with Gasteiger partial charge in [-0.2, -0.15) is 0 Å². The number of aliphatic hydroxyl groups excluding tert-OH is 2. The SMILES string of the molecule is CC(C)(C)OC(=O)NCCC(O)C(O)c1ccc(N)c(O)c1. The molecule has 0 heterocycles. The number of aliphatic hydroxyl groups is 2. The van der Waals surface area contributed by atoms with Crippen LogP contribution in [0.5, 0.6) is 5.75 Å². The summed E-state index contributed by atoms with van der Waals surface area (Å²) in [5.41, 5.74) is 5.42. The van der Waals surface area contributed by atoms with Crippen molar-refractivity contribution in [1.82, 2.24) is 5.32 Å². The number of benzene rings is 1. The molecule has 7 nitrogen and oxygen atoms in total. The third-order valence-electron chi connectivity index (χ3n) is 2.87. The van der Waals surface area contributed by atoms with Crippen molar-refractivity contribution < 1.29 is 24.9 Å². The van der Waals surface area contributed by atoms with Gasteiger partial charge in [0.2, 0.25) is 0 Å². The highest BCUT2D eigenvalue weighted by Gasteiger charge is 2.20. The van der Waals surface area contributed by atoms with Crippen LogP contribution in [-0.2, 0) is 4.74 Å². The summed E-state index contributed by atoms with van der Waals surface area (Å²) in [4.78, 5) is 11.4. The van der Waals surface area contributed by atoms with E-state index in [9.17, 15) is 20.1 Å². The van der Waals surface area contributed by atoms with Gasteiger partial charge in [0.25, 0.3) is 0 Å². The Morgan fingerprint density at radius 1 is 1.36 bits per heavy atom. The third kappa shape index (κ3) is 5.79. The van der Waals surface area contributed by atoms with Crippen molar-refractivity contribution in [3.8, 4) is 5.75 Å². The maximum absolute atomic E-state index is 11.4. The minimum atomic E-state index is -1.19. The van der Waals surface area contributed by atoms with E-state index in [1.54, 1.807) is 20.8 Å². The van der Waals surface area contributed by atoms with Crippen LogP contribution in [0.1, 0.15) is 38.9 Å². The van der Waals surface area contributed by atoms with E-state index in [2.05, 4.69) is 5.32 Å². The lowest BCUT2D eigenvalue weighted by Crippen LogP contribution is -2.34. The lowest BCUT2D eigenvalue weighted by atomic mass is 10.0. The number of hydrogen-bond donors (Lipinski definition) is 5. The van der Waals surface area contributed by atoms with Gasteiger partial charge in [0, 0.05) is 6.54 Å². The van der Waals surface area contributed by atoms with Crippen LogP contribution in [0.4, 0.5) is 10.5 Å². The minimum absolute atomic E-state index is 0.131. The molecule has 6 N–H and O–H groups in total. The Labute approximate surface area is 129 Å². The molecule has 0 aliphatic heterocycles. The molecule has 1 aromatic rings. The van der Waals surface area contributed by atoms with Crippen molar-refractivity contribution >= 4 is 11.8 Å². The second kappa shape index (κ2) is 7.33. The number of alkyl carbamates (subject to hydrolysis) is 1. The number of aromatic hydroxyl groups is 1. The van der Waals surface area contributed by atoms with Crippen molar-refractivity contribution in [2.45, 2.75) is 45.0 Å². The predicted octanol–water partition coefficient (Wildman–Crippen LogP) is 1.28. The molecule has 2 unspecified atom stereocenters. The number of phenolic OH excluding ortho intramolecular Hbond substituents is 1. The predicted molar refractivity (Wildman–Crippen MR) is 82.3 cm³/mol. The first-order chi connectivity index (χ1) is 10.1. The highest BCUT2D eigenvalue weighted by atomic mass is 16.6. The molecular weight excluding hydrogens is 288 g/mol. The molecule has 2 atom stereocenters. The van der Waals surface area contributed by atoms with Crippen LogP contribution >= 0.6 is 0 Å². The van der Waals surface area contributed by atoms with Crippen LogP contribution in [0.3, 0.4) is 0 Å². The average Bonchev–Trinajstić information content (AvgIpc) is 2.38. The van der Waals surface area contributed by atoms with Gasteiger partial charge in [0.1, 0.15) is 17.5 Å². The topological polar surface area (TPSA) is 125 Å². The smallest absolute Gasteiger partial charge is 0.407 e. The highest BCUT2D eigenvalue weighted by Crippen LogP contribution is 2.26. The minimum Gasteiger partial charge on any atom is -0.506 e. The normalized spacial score (nSPS) is 14.2. The number of anilines is 1. The molecule has 0 saturated heterocycles. The summed E-state index contributed by atoms with van der Waals surface area (Å²) in [5.74, 6) is -0.157. The molecule has 0 fully saturated rings. The van der Waals surface area contributed by atoms with Gasteiger partial charge in [-0.15, -0.1) is 0 Å². The first kappa shape index (κ1) is 18.1. The molecule has 0 saturated carbocycles. The molecule has 22 heavy (non-hydrogen) atoms. The number of phenols is 1. The van der Waals surface area contributed by atoms with E-state index >= 15 is 0 Å². The van der Waals surface area contributed by atoms with Crippen molar-refractivity contribution in [3.05, 3.63) is 23.8 Å². The second-order valence-corrected chi connectivity index (χ2v) is 6.05. The van der Waals surface area contributed by atoms with Gasteiger partial charge >= 0.3 is 6.09 Å². The number of ether oxygens (including phenoxy) is 1. The summed E-state index contributed by atoms with van der Waals surface area (Å²) in [6.45, 7) is 5.39. The van der Waals surface area contributed by atoms with E-state index in [0.29, 0.717) is 5.56 Å². The summed E-state index contributed by atoms with van der Waals surface area (Å²) >= 11 is 0. The number of nitrogens with two attached hydrogens (primary N) is 1. The number of rotatable bonds is 5. The molecule has 0 aliphatic carbocycles. The molecule has 0 spiro atoms. The van der Waals surface area contributed by atoms with Crippen LogP contribution in [-0.4, -0.2) is 39.7 Å². The van der Waals surface area contributed by atoms with Gasteiger partial charge in [-0.05, 0) is 44.9 Å². The van der Waals surface area contributed by atoms with E-state index in [1.165, 1.54) is 18.2 Å². The fraction of sp³-hybridized carbons (Fsp3) is 0.533. The van der Waals surface area contributed by atoms with Gasteiger partial charge < -0.3 is 31.1 Å². The Bertz CT molecular complexity index is 513. The molecule has 0 bridgehead atoms. The van der Waals surface area contributed by atoms with E-state index in [1.807, 2.05) is 0 Å². The fourth-order valence-electron chi connectivity index (χ4n) is 1.76. The zero-order valence-corrected chi connectivity index (χ0v) is 13.0. The third-order valence-corrected chi connectivity index (χ3v) is 2.87. The number of nitrogens with one attached hydrogen (secondary N) is 1. The van der Waals surface area contributed by atoms with Crippen molar-refractivity contribution in [2.24, 2.45) is 0 Å². The van der Waals surface area contributed by atoms with Gasteiger partial charge in [-0.3, -0.25) is 0 Å². The molecular formula is C15H24N2O5. The second-order valence-electron chi connectivity index (χ2n) is 6.05. The molecule has 1 aromatic carbocycles. The number of hydrogen-bond acceptors (Lipinski definition) is 6. The summed E-state index contributed by atoms with van der Waals surface area (Å²) in [7, 11) is 0. The average molecular weight is 312 g/mol. The maximum atomic E-state index is 11.4. The number of amides is 1. The molecule has 124 valence electrons. The Hall–Kier alpha value is -1.99. The van der Waals surface area contributed by atoms with Crippen molar-refractivity contribution in [2.75, 3.05) is 12.3 Å². The first-order valence-electron chi connectivity index (χ1n) is 7.01. The lowest BCUT2D eigenvalue weighted by molar-refractivity contribution is 0.0122. The largest absolute Gasteiger partial charge is 0.506 e. The Morgan fingerprint density at radius 3 is 2.55 bits per heavy atom. The summed E-state index contributed by atoms with van der Waals surface area (Å²) in [5, 5.41) is 31.9. The Morgan fingerprint density at radius 2 is 2.00 bits per heavy atom. The number of carbonyl (C=O) groups is 1. The van der Waals surface area contributed by atoms with Crippen LogP contribution in [0.25, 0.3) is 0 Å². The number of nitrogen functional groups attached to an aromatic ring is 1. The van der Waals surface area contributed by atoms with Crippen molar-refractivity contribution in [3.63, 3.8) is 0 Å². The molecule has 7 heteroatoms. The molecule has 0 radical (unpaired) electrons. The Kier molecular flexibility index (Phi) is 6.01. The van der Waals surface area contributed by atoms with Gasteiger partial charge in [0.05, 0.1) is 11.8 Å².